The SMILES string of the molecule is Brc1cccc(NCCCCCc2nc(C3CC3)no2)c1. The highest BCUT2D eigenvalue weighted by molar-refractivity contribution is 9.10. The van der Waals surface area contributed by atoms with Crippen molar-refractivity contribution < 1.29 is 4.52 Å². The van der Waals surface area contributed by atoms with E-state index in [0.29, 0.717) is 5.92 Å². The molecule has 3 rings (SSSR count). The monoisotopic (exact) mass is 349 g/mol. The van der Waals surface area contributed by atoms with Crippen LogP contribution in [0.3, 0.4) is 0 Å². The molecule has 1 heterocycles. The number of unbranched alkanes of at least 4 members (excludes halogenated alkanes) is 2. The van der Waals surface area contributed by atoms with E-state index in [0.717, 1.165) is 47.7 Å². The lowest BCUT2D eigenvalue weighted by atomic mass is 10.2. The van der Waals surface area contributed by atoms with Gasteiger partial charge in [-0.05, 0) is 43.9 Å². The van der Waals surface area contributed by atoms with Crippen molar-refractivity contribution >= 4 is 21.6 Å². The molecule has 21 heavy (non-hydrogen) atoms. The van der Waals surface area contributed by atoms with E-state index < -0.39 is 0 Å². The molecule has 0 saturated heterocycles. The zero-order chi connectivity index (χ0) is 14.5. The molecule has 0 unspecified atom stereocenters. The van der Waals surface area contributed by atoms with Crippen molar-refractivity contribution in [1.82, 2.24) is 10.1 Å². The standard InChI is InChI=1S/C16H20BrN3O/c17-13-5-4-6-14(11-13)18-10-3-1-2-7-15-19-16(20-21-15)12-8-9-12/h4-6,11-12,18H,1-3,7-10H2. The van der Waals surface area contributed by atoms with Gasteiger partial charge in [0.2, 0.25) is 5.89 Å². The van der Waals surface area contributed by atoms with E-state index >= 15 is 0 Å². The summed E-state index contributed by atoms with van der Waals surface area (Å²) in [5, 5.41) is 7.47. The molecule has 0 aliphatic heterocycles. The number of rotatable bonds is 8. The van der Waals surface area contributed by atoms with E-state index in [1.807, 2.05) is 12.1 Å². The zero-order valence-corrected chi connectivity index (χ0v) is 13.6. The molecule has 0 spiro atoms. The van der Waals surface area contributed by atoms with Crippen LogP contribution >= 0.6 is 15.9 Å². The lowest BCUT2D eigenvalue weighted by Crippen LogP contribution is -2.01. The molecule has 0 bridgehead atoms. The minimum Gasteiger partial charge on any atom is -0.385 e. The number of aryl methyl sites for hydroxylation is 1. The fraction of sp³-hybridized carbons (Fsp3) is 0.500. The Morgan fingerprint density at radius 3 is 2.95 bits per heavy atom. The van der Waals surface area contributed by atoms with Gasteiger partial charge >= 0.3 is 0 Å². The lowest BCUT2D eigenvalue weighted by Gasteiger charge is -2.06. The molecule has 1 aromatic heterocycles. The second kappa shape index (κ2) is 7.07. The van der Waals surface area contributed by atoms with Crippen LogP contribution in [0.4, 0.5) is 5.69 Å². The van der Waals surface area contributed by atoms with Crippen molar-refractivity contribution in [3.8, 4) is 0 Å². The van der Waals surface area contributed by atoms with Gasteiger partial charge in [0.25, 0.3) is 0 Å². The van der Waals surface area contributed by atoms with Gasteiger partial charge in [0.05, 0.1) is 0 Å². The Hall–Kier alpha value is -1.36. The summed E-state index contributed by atoms with van der Waals surface area (Å²) in [6.45, 7) is 0.994. The third kappa shape index (κ3) is 4.56. The molecule has 1 fully saturated rings. The first-order valence-electron chi connectivity index (χ1n) is 7.63. The predicted octanol–water partition coefficient (Wildman–Crippen LogP) is 4.53. The summed E-state index contributed by atoms with van der Waals surface area (Å²) in [5.41, 5.74) is 1.16. The van der Waals surface area contributed by atoms with Crippen LogP contribution in [-0.4, -0.2) is 16.7 Å². The van der Waals surface area contributed by atoms with E-state index in [4.69, 9.17) is 4.52 Å². The van der Waals surface area contributed by atoms with Gasteiger partial charge in [0.15, 0.2) is 5.82 Å². The summed E-state index contributed by atoms with van der Waals surface area (Å²) in [5.74, 6) is 2.30. The van der Waals surface area contributed by atoms with E-state index in [1.54, 1.807) is 0 Å². The van der Waals surface area contributed by atoms with Gasteiger partial charge in [-0.15, -0.1) is 0 Å². The Bertz CT molecular complexity index is 580. The molecule has 0 radical (unpaired) electrons. The molecule has 1 saturated carbocycles. The summed E-state index contributed by atoms with van der Waals surface area (Å²) in [4.78, 5) is 4.45. The topological polar surface area (TPSA) is 51.0 Å². The molecule has 1 N–H and O–H groups in total. The number of hydrogen-bond acceptors (Lipinski definition) is 4. The van der Waals surface area contributed by atoms with Crippen molar-refractivity contribution in [2.75, 3.05) is 11.9 Å². The van der Waals surface area contributed by atoms with Gasteiger partial charge in [0.1, 0.15) is 0 Å². The number of aromatic nitrogens is 2. The molecule has 0 atom stereocenters. The Balaban J connectivity index is 1.29. The summed E-state index contributed by atoms with van der Waals surface area (Å²) >= 11 is 3.48. The lowest BCUT2D eigenvalue weighted by molar-refractivity contribution is 0.369. The smallest absolute Gasteiger partial charge is 0.226 e. The van der Waals surface area contributed by atoms with Crippen LogP contribution in [0.5, 0.6) is 0 Å². The Morgan fingerprint density at radius 2 is 2.14 bits per heavy atom. The molecule has 4 nitrogen and oxygen atoms in total. The third-order valence-corrected chi connectivity index (χ3v) is 4.14. The maximum Gasteiger partial charge on any atom is 0.226 e. The summed E-state index contributed by atoms with van der Waals surface area (Å²) in [7, 11) is 0. The zero-order valence-electron chi connectivity index (χ0n) is 12.0. The fourth-order valence-electron chi connectivity index (χ4n) is 2.29. The molecule has 2 aromatic rings. The molecular weight excluding hydrogens is 330 g/mol. The van der Waals surface area contributed by atoms with E-state index in [1.165, 1.54) is 19.3 Å². The van der Waals surface area contributed by atoms with Crippen molar-refractivity contribution in [1.29, 1.82) is 0 Å². The van der Waals surface area contributed by atoms with Crippen LogP contribution in [0.1, 0.15) is 49.7 Å². The van der Waals surface area contributed by atoms with Crippen LogP contribution in [0.15, 0.2) is 33.3 Å². The first-order chi connectivity index (χ1) is 10.3. The Morgan fingerprint density at radius 1 is 1.24 bits per heavy atom. The molecule has 1 aromatic carbocycles. The van der Waals surface area contributed by atoms with Gasteiger partial charge < -0.3 is 9.84 Å². The quantitative estimate of drug-likeness (QED) is 0.711. The highest BCUT2D eigenvalue weighted by atomic mass is 79.9. The van der Waals surface area contributed by atoms with Crippen molar-refractivity contribution in [3.05, 3.63) is 40.5 Å². The van der Waals surface area contributed by atoms with Crippen molar-refractivity contribution in [2.24, 2.45) is 0 Å². The average molecular weight is 350 g/mol. The number of benzene rings is 1. The number of nitrogens with one attached hydrogen (secondary N) is 1. The van der Waals surface area contributed by atoms with Crippen molar-refractivity contribution in [3.63, 3.8) is 0 Å². The normalized spacial score (nSPS) is 14.3. The predicted molar refractivity (Wildman–Crippen MR) is 86.5 cm³/mol. The van der Waals surface area contributed by atoms with Gasteiger partial charge in [-0.1, -0.05) is 33.6 Å². The molecule has 0 amide bonds. The molecule has 5 heteroatoms. The highest BCUT2D eigenvalue weighted by Gasteiger charge is 2.28. The minimum atomic E-state index is 0.580. The third-order valence-electron chi connectivity index (χ3n) is 3.65. The fourth-order valence-corrected chi connectivity index (χ4v) is 2.69. The van der Waals surface area contributed by atoms with Gasteiger partial charge in [0, 0.05) is 29.0 Å². The van der Waals surface area contributed by atoms with Gasteiger partial charge in [-0.3, -0.25) is 0 Å². The van der Waals surface area contributed by atoms with Crippen LogP contribution < -0.4 is 5.32 Å². The largest absolute Gasteiger partial charge is 0.385 e. The van der Waals surface area contributed by atoms with Crippen LogP contribution in [-0.2, 0) is 6.42 Å². The average Bonchev–Trinajstić information content (AvgIpc) is 3.22. The highest BCUT2D eigenvalue weighted by Crippen LogP contribution is 2.38. The number of nitrogens with zero attached hydrogens (tertiary/aromatic N) is 2. The van der Waals surface area contributed by atoms with Crippen LogP contribution in [0.25, 0.3) is 0 Å². The number of halogens is 1. The first-order valence-corrected chi connectivity index (χ1v) is 8.42. The second-order valence-corrected chi connectivity index (χ2v) is 6.48. The summed E-state index contributed by atoms with van der Waals surface area (Å²) in [6.07, 6.45) is 6.77. The Kier molecular flexibility index (Phi) is 4.91. The minimum absolute atomic E-state index is 0.580. The van der Waals surface area contributed by atoms with Gasteiger partial charge in [-0.25, -0.2) is 0 Å². The summed E-state index contributed by atoms with van der Waals surface area (Å²) in [6, 6.07) is 8.26. The molecule has 1 aliphatic carbocycles. The first kappa shape index (κ1) is 14.6. The van der Waals surface area contributed by atoms with E-state index in [2.05, 4.69) is 43.5 Å². The van der Waals surface area contributed by atoms with Crippen LogP contribution in [0.2, 0.25) is 0 Å². The molecule has 1 aliphatic rings. The molecule has 112 valence electrons. The number of hydrogen-bond donors (Lipinski definition) is 1. The summed E-state index contributed by atoms with van der Waals surface area (Å²) < 4.78 is 6.38. The van der Waals surface area contributed by atoms with Crippen LogP contribution in [0, 0.1) is 0 Å². The van der Waals surface area contributed by atoms with E-state index in [-0.39, 0.29) is 0 Å². The Labute approximate surface area is 133 Å². The maximum absolute atomic E-state index is 5.27. The maximum atomic E-state index is 5.27. The van der Waals surface area contributed by atoms with E-state index in [9.17, 15) is 0 Å². The molecular formula is C16H20BrN3O. The second-order valence-electron chi connectivity index (χ2n) is 5.57. The number of anilines is 1. The van der Waals surface area contributed by atoms with Crippen molar-refractivity contribution in [2.45, 2.75) is 44.4 Å². The van der Waals surface area contributed by atoms with Gasteiger partial charge in [-0.2, -0.15) is 4.98 Å².